The summed E-state index contributed by atoms with van der Waals surface area (Å²) in [5.41, 5.74) is 3.40. The number of nitrogens with zero attached hydrogens (tertiary/aromatic N) is 1. The standard InChI is InChI=1S/C18H23N3OS/c1-13(22)19-11-10-14-6-8-15(9-7-14)17-12-23-18(21-17)20-16-4-2-3-5-16/h6-9,12,16H,2-5,10-11H2,1H3,(H,19,22)(H,20,21). The molecule has 1 aromatic carbocycles. The number of thiazole rings is 1. The Morgan fingerprint density at radius 3 is 2.70 bits per heavy atom. The summed E-state index contributed by atoms with van der Waals surface area (Å²) in [6, 6.07) is 9.04. The van der Waals surface area contributed by atoms with Crippen molar-refractivity contribution in [3.8, 4) is 11.3 Å². The molecule has 0 radical (unpaired) electrons. The van der Waals surface area contributed by atoms with Gasteiger partial charge in [0.15, 0.2) is 5.13 Å². The van der Waals surface area contributed by atoms with Gasteiger partial charge in [0.1, 0.15) is 0 Å². The van der Waals surface area contributed by atoms with E-state index in [0.29, 0.717) is 12.6 Å². The third-order valence-electron chi connectivity index (χ3n) is 4.22. The van der Waals surface area contributed by atoms with Crippen LogP contribution in [0.3, 0.4) is 0 Å². The highest BCUT2D eigenvalue weighted by atomic mass is 32.1. The minimum Gasteiger partial charge on any atom is -0.359 e. The van der Waals surface area contributed by atoms with E-state index in [1.807, 2.05) is 0 Å². The average Bonchev–Trinajstić information content (AvgIpc) is 3.20. The first kappa shape index (κ1) is 16.0. The van der Waals surface area contributed by atoms with Crippen molar-refractivity contribution in [2.24, 2.45) is 0 Å². The van der Waals surface area contributed by atoms with Crippen molar-refractivity contribution in [3.05, 3.63) is 35.2 Å². The van der Waals surface area contributed by atoms with Crippen LogP contribution in [-0.2, 0) is 11.2 Å². The van der Waals surface area contributed by atoms with Crippen molar-refractivity contribution < 1.29 is 4.79 Å². The minimum absolute atomic E-state index is 0.0198. The number of amides is 1. The zero-order valence-corrected chi connectivity index (χ0v) is 14.3. The monoisotopic (exact) mass is 329 g/mol. The van der Waals surface area contributed by atoms with Crippen LogP contribution < -0.4 is 10.6 Å². The van der Waals surface area contributed by atoms with Crippen molar-refractivity contribution in [2.75, 3.05) is 11.9 Å². The first-order valence-corrected chi connectivity index (χ1v) is 9.14. The molecule has 1 saturated carbocycles. The number of carbonyl (C=O) groups excluding carboxylic acids is 1. The van der Waals surface area contributed by atoms with Crippen LogP contribution in [0.2, 0.25) is 0 Å². The third-order valence-corrected chi connectivity index (χ3v) is 5.00. The fraction of sp³-hybridized carbons (Fsp3) is 0.444. The molecule has 1 heterocycles. The number of benzene rings is 1. The van der Waals surface area contributed by atoms with E-state index in [2.05, 4.69) is 40.3 Å². The van der Waals surface area contributed by atoms with Crippen LogP contribution in [0.1, 0.15) is 38.2 Å². The molecule has 0 unspecified atom stereocenters. The lowest BCUT2D eigenvalue weighted by Gasteiger charge is -2.09. The van der Waals surface area contributed by atoms with Crippen molar-refractivity contribution in [2.45, 2.75) is 45.1 Å². The molecule has 0 saturated heterocycles. The number of aromatic nitrogens is 1. The largest absolute Gasteiger partial charge is 0.359 e. The van der Waals surface area contributed by atoms with Gasteiger partial charge in [0, 0.05) is 30.5 Å². The lowest BCUT2D eigenvalue weighted by molar-refractivity contribution is -0.118. The summed E-state index contributed by atoms with van der Waals surface area (Å²) >= 11 is 1.68. The van der Waals surface area contributed by atoms with Gasteiger partial charge in [-0.1, -0.05) is 37.1 Å². The normalized spacial score (nSPS) is 14.8. The summed E-state index contributed by atoms with van der Waals surface area (Å²) in [6.45, 7) is 2.23. The van der Waals surface area contributed by atoms with Gasteiger partial charge in [-0.05, 0) is 24.8 Å². The van der Waals surface area contributed by atoms with Crippen molar-refractivity contribution in [3.63, 3.8) is 0 Å². The van der Waals surface area contributed by atoms with Crippen molar-refractivity contribution in [1.29, 1.82) is 0 Å². The molecule has 4 nitrogen and oxygen atoms in total. The quantitative estimate of drug-likeness (QED) is 0.846. The van der Waals surface area contributed by atoms with Gasteiger partial charge in [-0.3, -0.25) is 4.79 Å². The SMILES string of the molecule is CC(=O)NCCc1ccc(-c2csc(NC3CCCC3)n2)cc1. The molecule has 1 aromatic heterocycles. The van der Waals surface area contributed by atoms with Crippen LogP contribution in [0.5, 0.6) is 0 Å². The van der Waals surface area contributed by atoms with Crippen LogP contribution in [0.4, 0.5) is 5.13 Å². The molecule has 3 rings (SSSR count). The second kappa shape index (κ2) is 7.59. The second-order valence-corrected chi connectivity index (χ2v) is 6.95. The number of anilines is 1. The maximum atomic E-state index is 10.9. The lowest BCUT2D eigenvalue weighted by atomic mass is 10.1. The van der Waals surface area contributed by atoms with Crippen molar-refractivity contribution in [1.82, 2.24) is 10.3 Å². The maximum absolute atomic E-state index is 10.9. The van der Waals surface area contributed by atoms with E-state index < -0.39 is 0 Å². The van der Waals surface area contributed by atoms with E-state index in [1.54, 1.807) is 18.3 Å². The summed E-state index contributed by atoms with van der Waals surface area (Å²) < 4.78 is 0. The Balaban J connectivity index is 1.58. The zero-order chi connectivity index (χ0) is 16.1. The molecule has 1 aliphatic carbocycles. The number of carbonyl (C=O) groups is 1. The van der Waals surface area contributed by atoms with Gasteiger partial charge in [-0.25, -0.2) is 4.98 Å². The molecule has 5 heteroatoms. The number of hydrogen-bond acceptors (Lipinski definition) is 4. The highest BCUT2D eigenvalue weighted by molar-refractivity contribution is 7.14. The summed E-state index contributed by atoms with van der Waals surface area (Å²) in [6.07, 6.45) is 6.03. The first-order valence-electron chi connectivity index (χ1n) is 8.26. The van der Waals surface area contributed by atoms with E-state index in [1.165, 1.54) is 31.2 Å². The summed E-state index contributed by atoms with van der Waals surface area (Å²) in [5.74, 6) is 0.0198. The summed E-state index contributed by atoms with van der Waals surface area (Å²) in [4.78, 5) is 15.6. The lowest BCUT2D eigenvalue weighted by Crippen LogP contribution is -2.22. The van der Waals surface area contributed by atoms with Crippen LogP contribution in [0.15, 0.2) is 29.6 Å². The fourth-order valence-electron chi connectivity index (χ4n) is 2.94. The molecule has 2 aromatic rings. The van der Waals surface area contributed by atoms with Gasteiger partial charge in [-0.2, -0.15) is 0 Å². The molecular weight excluding hydrogens is 306 g/mol. The molecule has 0 spiro atoms. The van der Waals surface area contributed by atoms with E-state index in [4.69, 9.17) is 4.98 Å². The van der Waals surface area contributed by atoms with E-state index in [9.17, 15) is 4.79 Å². The molecule has 23 heavy (non-hydrogen) atoms. The van der Waals surface area contributed by atoms with Gasteiger partial charge in [0.25, 0.3) is 0 Å². The Morgan fingerprint density at radius 1 is 1.26 bits per heavy atom. The molecule has 0 aliphatic heterocycles. The highest BCUT2D eigenvalue weighted by Gasteiger charge is 2.16. The van der Waals surface area contributed by atoms with Crippen molar-refractivity contribution >= 4 is 22.4 Å². The van der Waals surface area contributed by atoms with Crippen LogP contribution in [-0.4, -0.2) is 23.5 Å². The molecule has 122 valence electrons. The Kier molecular flexibility index (Phi) is 5.28. The third kappa shape index (κ3) is 4.55. The summed E-state index contributed by atoms with van der Waals surface area (Å²) in [5, 5.41) is 9.51. The molecule has 1 aliphatic rings. The Labute approximate surface area is 141 Å². The Morgan fingerprint density at radius 2 is 2.00 bits per heavy atom. The second-order valence-electron chi connectivity index (χ2n) is 6.09. The smallest absolute Gasteiger partial charge is 0.216 e. The molecule has 1 amide bonds. The van der Waals surface area contributed by atoms with Gasteiger partial charge < -0.3 is 10.6 Å². The van der Waals surface area contributed by atoms with Gasteiger partial charge in [0.05, 0.1) is 5.69 Å². The fourth-order valence-corrected chi connectivity index (χ4v) is 3.74. The Bertz CT molecular complexity index is 645. The summed E-state index contributed by atoms with van der Waals surface area (Å²) in [7, 11) is 0. The molecule has 2 N–H and O–H groups in total. The minimum atomic E-state index is 0.0198. The van der Waals surface area contributed by atoms with Crippen LogP contribution in [0.25, 0.3) is 11.3 Å². The van der Waals surface area contributed by atoms with E-state index >= 15 is 0 Å². The van der Waals surface area contributed by atoms with E-state index in [-0.39, 0.29) is 5.91 Å². The first-order chi connectivity index (χ1) is 11.2. The predicted octanol–water partition coefficient (Wildman–Crippen LogP) is 3.84. The number of rotatable bonds is 6. The van der Waals surface area contributed by atoms with Crippen LogP contribution in [0, 0.1) is 0 Å². The van der Waals surface area contributed by atoms with Gasteiger partial charge in [0.2, 0.25) is 5.91 Å². The molecule has 0 atom stereocenters. The zero-order valence-electron chi connectivity index (χ0n) is 13.5. The number of hydrogen-bond donors (Lipinski definition) is 2. The van der Waals surface area contributed by atoms with Gasteiger partial charge in [-0.15, -0.1) is 11.3 Å². The predicted molar refractivity (Wildman–Crippen MR) is 95.8 cm³/mol. The number of nitrogens with one attached hydrogen (secondary N) is 2. The molecule has 0 bridgehead atoms. The maximum Gasteiger partial charge on any atom is 0.216 e. The Hall–Kier alpha value is -1.88. The van der Waals surface area contributed by atoms with E-state index in [0.717, 1.165) is 22.8 Å². The topological polar surface area (TPSA) is 54.0 Å². The average molecular weight is 329 g/mol. The molecule has 1 fully saturated rings. The highest BCUT2D eigenvalue weighted by Crippen LogP contribution is 2.28. The van der Waals surface area contributed by atoms with Gasteiger partial charge >= 0.3 is 0 Å². The van der Waals surface area contributed by atoms with Crippen LogP contribution >= 0.6 is 11.3 Å². The molecular formula is C18H23N3OS.